The van der Waals surface area contributed by atoms with Gasteiger partial charge in [0.15, 0.2) is 4.77 Å². The van der Waals surface area contributed by atoms with Gasteiger partial charge in [0, 0.05) is 12.6 Å². The summed E-state index contributed by atoms with van der Waals surface area (Å²) in [6.45, 7) is 6.09. The number of morpholine rings is 1. The summed E-state index contributed by atoms with van der Waals surface area (Å²) in [6.07, 6.45) is 2.84. The molecular weight excluding hydrogens is 282 g/mol. The summed E-state index contributed by atoms with van der Waals surface area (Å²) in [5.41, 5.74) is 3.58. The molecule has 0 radical (unpaired) electrons. The standard InChI is InChI=1S/C16H21N3OS/c1-11-4-2-6-14-15(11)17-16(21)19(14)9-13-8-18-7-3-5-12(18)10-20-13/h2,4,6,12-13H,3,5,7-10H2,1H3,(H,17,21). The van der Waals surface area contributed by atoms with Gasteiger partial charge in [-0.3, -0.25) is 4.90 Å². The molecule has 0 saturated carbocycles. The van der Waals surface area contributed by atoms with Crippen molar-refractivity contribution in [2.45, 2.75) is 38.5 Å². The number of H-pyrrole nitrogens is 1. The number of imidazole rings is 1. The van der Waals surface area contributed by atoms with E-state index in [0.29, 0.717) is 6.04 Å². The first kappa shape index (κ1) is 13.5. The highest BCUT2D eigenvalue weighted by Gasteiger charge is 2.32. The van der Waals surface area contributed by atoms with Crippen LogP contribution in [0.25, 0.3) is 11.0 Å². The molecule has 0 aliphatic carbocycles. The van der Waals surface area contributed by atoms with Crippen LogP contribution in [0.4, 0.5) is 0 Å². The van der Waals surface area contributed by atoms with Gasteiger partial charge in [0.1, 0.15) is 0 Å². The third kappa shape index (κ3) is 2.33. The summed E-state index contributed by atoms with van der Waals surface area (Å²) in [6, 6.07) is 6.99. The number of fused-ring (bicyclic) bond motifs is 2. The van der Waals surface area contributed by atoms with Crippen LogP contribution in [-0.2, 0) is 11.3 Å². The van der Waals surface area contributed by atoms with E-state index in [1.807, 2.05) is 0 Å². The molecule has 2 fully saturated rings. The summed E-state index contributed by atoms with van der Waals surface area (Å²) in [5.74, 6) is 0. The van der Waals surface area contributed by atoms with Crippen molar-refractivity contribution in [3.63, 3.8) is 0 Å². The third-order valence-electron chi connectivity index (χ3n) is 4.87. The van der Waals surface area contributed by atoms with Crippen LogP contribution in [0.15, 0.2) is 18.2 Å². The number of para-hydroxylation sites is 1. The normalized spacial score (nSPS) is 26.3. The predicted octanol–water partition coefficient (Wildman–Crippen LogP) is 2.87. The highest BCUT2D eigenvalue weighted by atomic mass is 32.1. The van der Waals surface area contributed by atoms with Crippen LogP contribution in [0.2, 0.25) is 0 Å². The van der Waals surface area contributed by atoms with Gasteiger partial charge >= 0.3 is 0 Å². The van der Waals surface area contributed by atoms with Gasteiger partial charge in [-0.15, -0.1) is 0 Å². The Morgan fingerprint density at radius 3 is 3.24 bits per heavy atom. The Bertz CT molecular complexity index is 720. The number of hydrogen-bond donors (Lipinski definition) is 1. The third-order valence-corrected chi connectivity index (χ3v) is 5.19. The Labute approximate surface area is 129 Å². The SMILES string of the molecule is Cc1cccc2c1[nH]c(=S)n2CC1CN2CCCC2CO1. The van der Waals surface area contributed by atoms with E-state index in [-0.39, 0.29) is 6.10 Å². The molecule has 21 heavy (non-hydrogen) atoms. The van der Waals surface area contributed by atoms with Gasteiger partial charge in [-0.05, 0) is 50.2 Å². The number of aromatic nitrogens is 2. The molecule has 2 saturated heterocycles. The fourth-order valence-electron chi connectivity index (χ4n) is 3.70. The maximum Gasteiger partial charge on any atom is 0.178 e. The van der Waals surface area contributed by atoms with Crippen LogP contribution in [0, 0.1) is 11.7 Å². The minimum Gasteiger partial charge on any atom is -0.373 e. The summed E-state index contributed by atoms with van der Waals surface area (Å²) in [7, 11) is 0. The molecule has 2 aliphatic rings. The first-order valence-electron chi connectivity index (χ1n) is 7.76. The molecule has 1 N–H and O–H groups in total. The minimum atomic E-state index is 0.241. The number of rotatable bonds is 2. The number of aryl methyl sites for hydroxylation is 1. The van der Waals surface area contributed by atoms with Gasteiger partial charge < -0.3 is 14.3 Å². The molecule has 1 aromatic carbocycles. The molecule has 2 atom stereocenters. The Balaban J connectivity index is 1.61. The maximum atomic E-state index is 6.08. The lowest BCUT2D eigenvalue weighted by Gasteiger charge is -2.35. The van der Waals surface area contributed by atoms with E-state index in [0.717, 1.165) is 30.0 Å². The summed E-state index contributed by atoms with van der Waals surface area (Å²) < 4.78 is 9.07. The van der Waals surface area contributed by atoms with Crippen molar-refractivity contribution < 1.29 is 4.74 Å². The number of aromatic amines is 1. The van der Waals surface area contributed by atoms with Crippen molar-refractivity contribution in [2.75, 3.05) is 19.7 Å². The molecule has 2 aromatic rings. The monoisotopic (exact) mass is 303 g/mol. The molecule has 4 nitrogen and oxygen atoms in total. The maximum absolute atomic E-state index is 6.08. The molecule has 3 heterocycles. The van der Waals surface area contributed by atoms with Crippen molar-refractivity contribution in [1.29, 1.82) is 0 Å². The van der Waals surface area contributed by atoms with Crippen LogP contribution >= 0.6 is 12.2 Å². The van der Waals surface area contributed by atoms with Gasteiger partial charge in [0.25, 0.3) is 0 Å². The molecule has 0 spiro atoms. The Kier molecular flexibility index (Phi) is 3.36. The van der Waals surface area contributed by atoms with E-state index in [1.54, 1.807) is 0 Å². The van der Waals surface area contributed by atoms with Crippen LogP contribution in [-0.4, -0.2) is 46.3 Å². The smallest absolute Gasteiger partial charge is 0.178 e. The highest BCUT2D eigenvalue weighted by Crippen LogP contribution is 2.24. The lowest BCUT2D eigenvalue weighted by molar-refractivity contribution is -0.0548. The minimum absolute atomic E-state index is 0.241. The second kappa shape index (κ2) is 5.23. The van der Waals surface area contributed by atoms with Crippen molar-refractivity contribution in [2.24, 2.45) is 0 Å². The van der Waals surface area contributed by atoms with Gasteiger partial charge in [-0.2, -0.15) is 0 Å². The van der Waals surface area contributed by atoms with Crippen LogP contribution in [0.3, 0.4) is 0 Å². The zero-order chi connectivity index (χ0) is 14.4. The molecular formula is C16H21N3OS. The first-order chi connectivity index (χ1) is 10.2. The van der Waals surface area contributed by atoms with E-state index in [2.05, 4.69) is 39.6 Å². The largest absolute Gasteiger partial charge is 0.373 e. The Hall–Kier alpha value is -1.17. The molecule has 1 aromatic heterocycles. The van der Waals surface area contributed by atoms with E-state index in [9.17, 15) is 0 Å². The zero-order valence-corrected chi connectivity index (χ0v) is 13.2. The fraction of sp³-hybridized carbons (Fsp3) is 0.562. The Morgan fingerprint density at radius 1 is 1.43 bits per heavy atom. The summed E-state index contributed by atoms with van der Waals surface area (Å²) in [5, 5.41) is 0. The fourth-order valence-corrected chi connectivity index (χ4v) is 3.98. The van der Waals surface area contributed by atoms with Gasteiger partial charge in [0.05, 0.1) is 30.3 Å². The van der Waals surface area contributed by atoms with Crippen LogP contribution < -0.4 is 0 Å². The zero-order valence-electron chi connectivity index (χ0n) is 12.3. The van der Waals surface area contributed by atoms with E-state index in [1.165, 1.54) is 30.5 Å². The number of benzene rings is 1. The topological polar surface area (TPSA) is 33.2 Å². The Morgan fingerprint density at radius 2 is 2.33 bits per heavy atom. The van der Waals surface area contributed by atoms with Crippen molar-refractivity contribution >= 4 is 23.3 Å². The number of ether oxygens (including phenoxy) is 1. The number of hydrogen-bond acceptors (Lipinski definition) is 3. The molecule has 0 amide bonds. The molecule has 2 aliphatic heterocycles. The average molecular weight is 303 g/mol. The number of nitrogens with one attached hydrogen (secondary N) is 1. The first-order valence-corrected chi connectivity index (χ1v) is 8.17. The van der Waals surface area contributed by atoms with Crippen molar-refractivity contribution in [1.82, 2.24) is 14.5 Å². The quantitative estimate of drug-likeness (QED) is 0.866. The van der Waals surface area contributed by atoms with Crippen LogP contribution in [0.1, 0.15) is 18.4 Å². The molecule has 5 heteroatoms. The highest BCUT2D eigenvalue weighted by molar-refractivity contribution is 7.71. The van der Waals surface area contributed by atoms with E-state index in [4.69, 9.17) is 17.0 Å². The molecule has 0 bridgehead atoms. The molecule has 2 unspecified atom stereocenters. The van der Waals surface area contributed by atoms with Crippen LogP contribution in [0.5, 0.6) is 0 Å². The second-order valence-corrected chi connectivity index (χ2v) is 6.64. The summed E-state index contributed by atoms with van der Waals surface area (Å²) in [4.78, 5) is 5.92. The van der Waals surface area contributed by atoms with Gasteiger partial charge in [-0.1, -0.05) is 12.1 Å². The van der Waals surface area contributed by atoms with Gasteiger partial charge in [0.2, 0.25) is 0 Å². The van der Waals surface area contributed by atoms with Crippen molar-refractivity contribution in [3.05, 3.63) is 28.5 Å². The predicted molar refractivity (Wildman–Crippen MR) is 86.2 cm³/mol. The van der Waals surface area contributed by atoms with Crippen molar-refractivity contribution in [3.8, 4) is 0 Å². The molecule has 4 rings (SSSR count). The second-order valence-electron chi connectivity index (χ2n) is 6.26. The van der Waals surface area contributed by atoms with E-state index >= 15 is 0 Å². The lowest BCUT2D eigenvalue weighted by atomic mass is 10.2. The average Bonchev–Trinajstić information content (AvgIpc) is 3.05. The summed E-state index contributed by atoms with van der Waals surface area (Å²) >= 11 is 5.51. The lowest BCUT2D eigenvalue weighted by Crippen LogP contribution is -2.47. The number of nitrogens with zero attached hydrogens (tertiary/aromatic N) is 2. The molecule has 112 valence electrons. The van der Waals surface area contributed by atoms with E-state index < -0.39 is 0 Å². The van der Waals surface area contributed by atoms with Gasteiger partial charge in [-0.25, -0.2) is 0 Å².